The van der Waals surface area contributed by atoms with E-state index in [1.165, 1.54) is 12.8 Å². The van der Waals surface area contributed by atoms with Gasteiger partial charge in [0.1, 0.15) is 0 Å². The minimum atomic E-state index is -0.419. The molecule has 20 heavy (non-hydrogen) atoms. The molecule has 2 fully saturated rings. The van der Waals surface area contributed by atoms with Gasteiger partial charge in [0.15, 0.2) is 0 Å². The summed E-state index contributed by atoms with van der Waals surface area (Å²) in [4.78, 5) is 25.6. The number of amides is 3. The van der Waals surface area contributed by atoms with E-state index in [1.54, 1.807) is 0 Å². The van der Waals surface area contributed by atoms with Gasteiger partial charge in [-0.3, -0.25) is 15.0 Å². The van der Waals surface area contributed by atoms with Crippen LogP contribution in [0.4, 0.5) is 4.79 Å². The zero-order chi connectivity index (χ0) is 14.8. The molecule has 0 aromatic heterocycles. The Morgan fingerprint density at radius 1 is 1.30 bits per heavy atom. The number of likely N-dealkylation sites (tertiary alicyclic amines) is 1. The molecule has 3 N–H and O–H groups in total. The maximum absolute atomic E-state index is 11.9. The van der Waals surface area contributed by atoms with Gasteiger partial charge in [-0.2, -0.15) is 0 Å². The van der Waals surface area contributed by atoms with Crippen LogP contribution in [0.3, 0.4) is 0 Å². The van der Waals surface area contributed by atoms with Gasteiger partial charge in [-0.05, 0) is 46.1 Å². The summed E-state index contributed by atoms with van der Waals surface area (Å²) in [5.41, 5.74) is -0.336. The molecule has 3 amide bonds. The van der Waals surface area contributed by atoms with Crippen LogP contribution in [0.1, 0.15) is 33.6 Å². The first-order valence-electron chi connectivity index (χ1n) is 7.41. The van der Waals surface area contributed by atoms with Crippen LogP contribution < -0.4 is 16.0 Å². The number of nitrogens with one attached hydrogen (secondary N) is 3. The molecule has 0 bridgehead atoms. The van der Waals surface area contributed by atoms with Crippen LogP contribution in [0.2, 0.25) is 0 Å². The molecule has 2 heterocycles. The van der Waals surface area contributed by atoms with Crippen molar-refractivity contribution in [1.82, 2.24) is 20.9 Å². The van der Waals surface area contributed by atoms with Gasteiger partial charge in [0.25, 0.3) is 0 Å². The van der Waals surface area contributed by atoms with E-state index in [-0.39, 0.29) is 11.4 Å². The van der Waals surface area contributed by atoms with E-state index in [9.17, 15) is 9.59 Å². The second-order valence-corrected chi connectivity index (χ2v) is 6.91. The molecule has 0 aliphatic carbocycles. The standard InChI is InChI=1S/C14H26N4O2/c1-14(2,3)17-13(20)16-12(19)9-18-7-10-5-4-6-15-11(10)8-18/h10-11,15H,4-9H2,1-3H3,(H2,16,17,19,20). The van der Waals surface area contributed by atoms with Crippen LogP contribution in [-0.4, -0.2) is 54.6 Å². The van der Waals surface area contributed by atoms with Gasteiger partial charge in [0, 0.05) is 24.7 Å². The number of imide groups is 1. The molecule has 2 unspecified atom stereocenters. The average molecular weight is 282 g/mol. The predicted molar refractivity (Wildman–Crippen MR) is 77.4 cm³/mol. The van der Waals surface area contributed by atoms with Crippen molar-refractivity contribution in [1.29, 1.82) is 0 Å². The molecule has 2 aliphatic rings. The third-order valence-corrected chi connectivity index (χ3v) is 3.78. The van der Waals surface area contributed by atoms with E-state index >= 15 is 0 Å². The Hall–Kier alpha value is -1.14. The predicted octanol–water partition coefficient (Wildman–Crippen LogP) is 0.295. The third-order valence-electron chi connectivity index (χ3n) is 3.78. The highest BCUT2D eigenvalue weighted by molar-refractivity contribution is 5.95. The van der Waals surface area contributed by atoms with Crippen molar-refractivity contribution in [3.63, 3.8) is 0 Å². The summed E-state index contributed by atoms with van der Waals surface area (Å²) in [5, 5.41) is 8.62. The van der Waals surface area contributed by atoms with Crippen LogP contribution in [0.5, 0.6) is 0 Å². The summed E-state index contributed by atoms with van der Waals surface area (Å²) in [7, 11) is 0. The lowest BCUT2D eigenvalue weighted by atomic mass is 9.94. The molecule has 6 nitrogen and oxygen atoms in total. The van der Waals surface area contributed by atoms with Gasteiger partial charge in [-0.1, -0.05) is 0 Å². The molecule has 2 aliphatic heterocycles. The average Bonchev–Trinajstić information content (AvgIpc) is 2.67. The summed E-state index contributed by atoms with van der Waals surface area (Å²) >= 11 is 0. The molecule has 0 radical (unpaired) electrons. The van der Waals surface area contributed by atoms with Crippen molar-refractivity contribution in [2.75, 3.05) is 26.2 Å². The van der Waals surface area contributed by atoms with Gasteiger partial charge in [-0.15, -0.1) is 0 Å². The van der Waals surface area contributed by atoms with Gasteiger partial charge in [0.05, 0.1) is 6.54 Å². The van der Waals surface area contributed by atoms with E-state index in [4.69, 9.17) is 0 Å². The van der Waals surface area contributed by atoms with Crippen LogP contribution >= 0.6 is 0 Å². The Morgan fingerprint density at radius 3 is 2.70 bits per heavy atom. The smallest absolute Gasteiger partial charge is 0.321 e. The summed E-state index contributed by atoms with van der Waals surface area (Å²) in [6, 6.07) is 0.0946. The van der Waals surface area contributed by atoms with Crippen molar-refractivity contribution >= 4 is 11.9 Å². The van der Waals surface area contributed by atoms with Crippen LogP contribution in [-0.2, 0) is 4.79 Å². The Balaban J connectivity index is 1.74. The molecule has 0 aromatic rings. The second kappa shape index (κ2) is 6.10. The maximum Gasteiger partial charge on any atom is 0.321 e. The highest BCUT2D eigenvalue weighted by Gasteiger charge is 2.34. The van der Waals surface area contributed by atoms with Crippen molar-refractivity contribution < 1.29 is 9.59 Å². The number of nitrogens with zero attached hydrogens (tertiary/aromatic N) is 1. The van der Waals surface area contributed by atoms with Crippen LogP contribution in [0.15, 0.2) is 0 Å². The van der Waals surface area contributed by atoms with Gasteiger partial charge in [0.2, 0.25) is 5.91 Å². The quantitative estimate of drug-likeness (QED) is 0.681. The number of fused-ring (bicyclic) bond motifs is 1. The van der Waals surface area contributed by atoms with Crippen molar-refractivity contribution in [3.8, 4) is 0 Å². The zero-order valence-corrected chi connectivity index (χ0v) is 12.7. The number of urea groups is 1. The zero-order valence-electron chi connectivity index (χ0n) is 12.7. The van der Waals surface area contributed by atoms with E-state index in [0.717, 1.165) is 19.6 Å². The molecular weight excluding hydrogens is 256 g/mol. The minimum Gasteiger partial charge on any atom is -0.333 e. The Morgan fingerprint density at radius 2 is 2.05 bits per heavy atom. The molecule has 114 valence electrons. The molecule has 0 saturated carbocycles. The van der Waals surface area contributed by atoms with E-state index < -0.39 is 6.03 Å². The first-order chi connectivity index (χ1) is 9.33. The van der Waals surface area contributed by atoms with E-state index in [0.29, 0.717) is 18.5 Å². The number of piperidine rings is 1. The number of hydrogen-bond donors (Lipinski definition) is 3. The highest BCUT2D eigenvalue weighted by atomic mass is 16.2. The van der Waals surface area contributed by atoms with Gasteiger partial charge >= 0.3 is 6.03 Å². The summed E-state index contributed by atoms with van der Waals surface area (Å²) in [6.45, 7) is 8.88. The van der Waals surface area contributed by atoms with Crippen molar-refractivity contribution in [2.24, 2.45) is 5.92 Å². The fourth-order valence-electron chi connectivity index (χ4n) is 3.01. The molecule has 2 atom stereocenters. The lowest BCUT2D eigenvalue weighted by molar-refractivity contribution is -0.121. The van der Waals surface area contributed by atoms with Gasteiger partial charge in [-0.25, -0.2) is 4.79 Å². The number of carbonyl (C=O) groups is 2. The fraction of sp³-hybridized carbons (Fsp3) is 0.857. The van der Waals surface area contributed by atoms with Crippen molar-refractivity contribution in [2.45, 2.75) is 45.2 Å². The van der Waals surface area contributed by atoms with Crippen LogP contribution in [0.25, 0.3) is 0 Å². The lowest BCUT2D eigenvalue weighted by Gasteiger charge is -2.24. The first-order valence-corrected chi connectivity index (χ1v) is 7.41. The molecular formula is C14H26N4O2. The Labute approximate surface area is 120 Å². The number of hydrogen-bond acceptors (Lipinski definition) is 4. The van der Waals surface area contributed by atoms with Crippen LogP contribution in [0, 0.1) is 5.92 Å². The van der Waals surface area contributed by atoms with E-state index in [2.05, 4.69) is 20.9 Å². The Bertz CT molecular complexity index is 364. The topological polar surface area (TPSA) is 73.5 Å². The molecule has 2 rings (SSSR count). The fourth-order valence-corrected chi connectivity index (χ4v) is 3.01. The summed E-state index contributed by atoms with van der Waals surface area (Å²) < 4.78 is 0. The molecule has 2 saturated heterocycles. The van der Waals surface area contributed by atoms with Crippen molar-refractivity contribution in [3.05, 3.63) is 0 Å². The molecule has 0 spiro atoms. The normalized spacial score (nSPS) is 26.9. The first kappa shape index (κ1) is 15.3. The summed E-state index contributed by atoms with van der Waals surface area (Å²) in [5.74, 6) is 0.422. The number of rotatable bonds is 2. The highest BCUT2D eigenvalue weighted by Crippen LogP contribution is 2.24. The third kappa shape index (κ3) is 4.45. The molecule has 6 heteroatoms. The SMILES string of the molecule is CC(C)(C)NC(=O)NC(=O)CN1CC2CCCNC2C1. The maximum atomic E-state index is 11.9. The largest absolute Gasteiger partial charge is 0.333 e. The number of carbonyl (C=O) groups excluding carboxylic acids is 2. The van der Waals surface area contributed by atoms with Gasteiger partial charge < -0.3 is 10.6 Å². The minimum absolute atomic E-state index is 0.231. The Kier molecular flexibility index (Phi) is 4.65. The summed E-state index contributed by atoms with van der Waals surface area (Å²) in [6.07, 6.45) is 2.45. The monoisotopic (exact) mass is 282 g/mol. The lowest BCUT2D eigenvalue weighted by Crippen LogP contribution is -2.50. The molecule has 0 aromatic carbocycles. The van der Waals surface area contributed by atoms with E-state index in [1.807, 2.05) is 20.8 Å². The second-order valence-electron chi connectivity index (χ2n) is 6.91.